The van der Waals surface area contributed by atoms with Gasteiger partial charge in [0.25, 0.3) is 0 Å². The van der Waals surface area contributed by atoms with E-state index in [4.69, 9.17) is 16.6 Å². The summed E-state index contributed by atoms with van der Waals surface area (Å²) in [5.74, 6) is 1.82. The van der Waals surface area contributed by atoms with Crippen LogP contribution in [0.3, 0.4) is 0 Å². The molecular weight excluding hydrogens is 256 g/mol. The van der Waals surface area contributed by atoms with Crippen LogP contribution in [0, 0.1) is 12.8 Å². The van der Waals surface area contributed by atoms with Crippen molar-refractivity contribution in [3.05, 3.63) is 29.6 Å². The number of alkyl halides is 1. The van der Waals surface area contributed by atoms with Crippen molar-refractivity contribution in [1.29, 1.82) is 0 Å². The van der Waals surface area contributed by atoms with Gasteiger partial charge in [-0.3, -0.25) is 0 Å². The number of imidazole rings is 1. The lowest BCUT2D eigenvalue weighted by molar-refractivity contribution is 0.454. The van der Waals surface area contributed by atoms with Crippen LogP contribution < -0.4 is 0 Å². The summed E-state index contributed by atoms with van der Waals surface area (Å²) in [6, 6.07) is 6.33. The molecule has 1 heterocycles. The van der Waals surface area contributed by atoms with Gasteiger partial charge in [-0.05, 0) is 44.2 Å². The van der Waals surface area contributed by atoms with Gasteiger partial charge in [-0.1, -0.05) is 25.0 Å². The summed E-state index contributed by atoms with van der Waals surface area (Å²) in [7, 11) is 0. The second kappa shape index (κ2) is 5.16. The first kappa shape index (κ1) is 13.0. The molecule has 0 spiro atoms. The lowest BCUT2D eigenvalue weighted by atomic mass is 10.1. The third-order valence-corrected chi connectivity index (χ3v) is 4.46. The molecule has 0 bridgehead atoms. The fraction of sp³-hybridized carbons (Fsp3) is 0.562. The van der Waals surface area contributed by atoms with Crippen molar-refractivity contribution in [3.8, 4) is 0 Å². The van der Waals surface area contributed by atoms with E-state index in [-0.39, 0.29) is 5.38 Å². The number of hydrogen-bond donors (Lipinski definition) is 0. The Bertz CT molecular complexity index is 580. The topological polar surface area (TPSA) is 17.8 Å². The van der Waals surface area contributed by atoms with E-state index in [0.29, 0.717) is 0 Å². The average molecular weight is 277 g/mol. The molecule has 2 aromatic rings. The first-order valence-electron chi connectivity index (χ1n) is 7.26. The highest BCUT2D eigenvalue weighted by molar-refractivity contribution is 6.20. The summed E-state index contributed by atoms with van der Waals surface area (Å²) in [5.41, 5.74) is 3.66. The second-order valence-electron chi connectivity index (χ2n) is 5.79. The van der Waals surface area contributed by atoms with Gasteiger partial charge in [0, 0.05) is 6.54 Å². The number of rotatable bonds is 3. The zero-order chi connectivity index (χ0) is 13.4. The van der Waals surface area contributed by atoms with Crippen molar-refractivity contribution in [2.24, 2.45) is 5.92 Å². The van der Waals surface area contributed by atoms with Crippen LogP contribution in [0.25, 0.3) is 11.0 Å². The number of halogens is 1. The normalized spacial score (nSPS) is 18.3. The van der Waals surface area contributed by atoms with E-state index in [1.807, 2.05) is 6.92 Å². The number of fused-ring (bicyclic) bond motifs is 1. The van der Waals surface area contributed by atoms with Gasteiger partial charge in [-0.15, -0.1) is 11.6 Å². The van der Waals surface area contributed by atoms with E-state index in [0.717, 1.165) is 23.8 Å². The van der Waals surface area contributed by atoms with E-state index in [9.17, 15) is 0 Å². The Hall–Kier alpha value is -1.02. The molecule has 0 N–H and O–H groups in total. The minimum Gasteiger partial charge on any atom is -0.326 e. The van der Waals surface area contributed by atoms with E-state index in [1.54, 1.807) is 0 Å². The Labute approximate surface area is 119 Å². The van der Waals surface area contributed by atoms with Crippen LogP contribution in [0.15, 0.2) is 18.2 Å². The first-order valence-corrected chi connectivity index (χ1v) is 7.70. The summed E-state index contributed by atoms with van der Waals surface area (Å²) >= 11 is 6.33. The summed E-state index contributed by atoms with van der Waals surface area (Å²) in [6.45, 7) is 5.26. The molecule has 1 fully saturated rings. The largest absolute Gasteiger partial charge is 0.326 e. The summed E-state index contributed by atoms with van der Waals surface area (Å²) < 4.78 is 2.37. The summed E-state index contributed by atoms with van der Waals surface area (Å²) in [6.07, 6.45) is 5.45. The van der Waals surface area contributed by atoms with Crippen LogP contribution in [0.2, 0.25) is 0 Å². The number of aryl methyl sites for hydroxylation is 1. The molecule has 1 saturated carbocycles. The molecule has 1 atom stereocenters. The number of para-hydroxylation sites is 1. The Morgan fingerprint density at radius 2 is 2.11 bits per heavy atom. The zero-order valence-corrected chi connectivity index (χ0v) is 12.5. The molecule has 102 valence electrons. The molecule has 1 aromatic heterocycles. The van der Waals surface area contributed by atoms with Crippen molar-refractivity contribution < 1.29 is 0 Å². The lowest BCUT2D eigenvalue weighted by Crippen LogP contribution is -2.11. The molecule has 1 aliphatic carbocycles. The van der Waals surface area contributed by atoms with Crippen molar-refractivity contribution in [2.75, 3.05) is 0 Å². The lowest BCUT2D eigenvalue weighted by Gasteiger charge is -2.16. The predicted octanol–water partition coefficient (Wildman–Crippen LogP) is 4.83. The fourth-order valence-electron chi connectivity index (χ4n) is 3.32. The molecule has 2 nitrogen and oxygen atoms in total. The monoisotopic (exact) mass is 276 g/mol. The van der Waals surface area contributed by atoms with Gasteiger partial charge < -0.3 is 4.57 Å². The van der Waals surface area contributed by atoms with Gasteiger partial charge >= 0.3 is 0 Å². The maximum Gasteiger partial charge on any atom is 0.127 e. The summed E-state index contributed by atoms with van der Waals surface area (Å²) in [5, 5.41) is -0.0341. The van der Waals surface area contributed by atoms with Gasteiger partial charge in [0.05, 0.1) is 16.4 Å². The SMILES string of the molecule is Cc1cccc2nc(C(C)Cl)n(CC3CCCC3)c12. The highest BCUT2D eigenvalue weighted by Crippen LogP contribution is 2.31. The second-order valence-corrected chi connectivity index (χ2v) is 6.44. The molecule has 0 saturated heterocycles. The highest BCUT2D eigenvalue weighted by atomic mass is 35.5. The molecule has 1 aromatic carbocycles. The molecule has 3 rings (SSSR count). The molecule has 1 unspecified atom stereocenters. The van der Waals surface area contributed by atoms with Crippen LogP contribution in [-0.4, -0.2) is 9.55 Å². The van der Waals surface area contributed by atoms with Gasteiger partial charge in [0.1, 0.15) is 5.82 Å². The van der Waals surface area contributed by atoms with E-state index in [2.05, 4.69) is 29.7 Å². The number of aromatic nitrogens is 2. The van der Waals surface area contributed by atoms with E-state index in [1.165, 1.54) is 36.8 Å². The van der Waals surface area contributed by atoms with Crippen molar-refractivity contribution >= 4 is 22.6 Å². The molecule has 1 aliphatic rings. The van der Waals surface area contributed by atoms with Gasteiger partial charge in [0.2, 0.25) is 0 Å². The third-order valence-electron chi connectivity index (χ3n) is 4.27. The van der Waals surface area contributed by atoms with Crippen LogP contribution in [-0.2, 0) is 6.54 Å². The van der Waals surface area contributed by atoms with E-state index < -0.39 is 0 Å². The van der Waals surface area contributed by atoms with Crippen LogP contribution >= 0.6 is 11.6 Å². The number of benzene rings is 1. The van der Waals surface area contributed by atoms with Crippen molar-refractivity contribution in [3.63, 3.8) is 0 Å². The fourth-order valence-corrected chi connectivity index (χ4v) is 3.49. The third kappa shape index (κ3) is 2.38. The smallest absolute Gasteiger partial charge is 0.127 e. The Balaban J connectivity index is 2.09. The molecule has 0 radical (unpaired) electrons. The Morgan fingerprint density at radius 1 is 1.37 bits per heavy atom. The van der Waals surface area contributed by atoms with Crippen LogP contribution in [0.4, 0.5) is 0 Å². The molecule has 0 aliphatic heterocycles. The summed E-state index contributed by atoms with van der Waals surface area (Å²) in [4.78, 5) is 4.75. The average Bonchev–Trinajstić information content (AvgIpc) is 2.98. The van der Waals surface area contributed by atoms with Gasteiger partial charge in [0.15, 0.2) is 0 Å². The maximum atomic E-state index is 6.33. The molecule has 19 heavy (non-hydrogen) atoms. The van der Waals surface area contributed by atoms with Gasteiger partial charge in [-0.25, -0.2) is 4.98 Å². The standard InChI is InChI=1S/C16H21ClN2/c1-11-6-5-9-14-15(11)19(16(18-14)12(2)17)10-13-7-3-4-8-13/h5-6,9,12-13H,3-4,7-8,10H2,1-2H3. The predicted molar refractivity (Wildman–Crippen MR) is 80.7 cm³/mol. The minimum atomic E-state index is -0.0341. The Morgan fingerprint density at radius 3 is 2.79 bits per heavy atom. The van der Waals surface area contributed by atoms with Crippen molar-refractivity contribution in [1.82, 2.24) is 9.55 Å². The van der Waals surface area contributed by atoms with Crippen LogP contribution in [0.1, 0.15) is 49.4 Å². The molecule has 0 amide bonds. The quantitative estimate of drug-likeness (QED) is 0.734. The van der Waals surface area contributed by atoms with Gasteiger partial charge in [-0.2, -0.15) is 0 Å². The molecular formula is C16H21ClN2. The van der Waals surface area contributed by atoms with Crippen LogP contribution in [0.5, 0.6) is 0 Å². The highest BCUT2D eigenvalue weighted by Gasteiger charge is 2.21. The maximum absolute atomic E-state index is 6.33. The number of nitrogens with zero attached hydrogens (tertiary/aromatic N) is 2. The Kier molecular flexibility index (Phi) is 3.53. The molecule has 3 heteroatoms. The first-order chi connectivity index (χ1) is 9.16. The zero-order valence-electron chi connectivity index (χ0n) is 11.7. The van der Waals surface area contributed by atoms with Crippen molar-refractivity contribution in [2.45, 2.75) is 51.5 Å². The number of hydrogen-bond acceptors (Lipinski definition) is 1. The minimum absolute atomic E-state index is 0.0341. The van der Waals surface area contributed by atoms with E-state index >= 15 is 0 Å².